The van der Waals surface area contributed by atoms with Crippen molar-refractivity contribution in [1.82, 2.24) is 5.43 Å². The Hall–Kier alpha value is -3.68. The summed E-state index contributed by atoms with van der Waals surface area (Å²) in [5.41, 5.74) is 3.70. The molecule has 0 heterocycles. The molecule has 1 amide bonds. The van der Waals surface area contributed by atoms with Crippen molar-refractivity contribution in [2.45, 2.75) is 13.0 Å². The van der Waals surface area contributed by atoms with Crippen LogP contribution >= 0.6 is 11.6 Å². The van der Waals surface area contributed by atoms with Gasteiger partial charge in [0, 0.05) is 5.02 Å². The van der Waals surface area contributed by atoms with Crippen molar-refractivity contribution in [3.8, 4) is 11.5 Å². The largest absolute Gasteiger partial charge is 0.490 e. The smallest absolute Gasteiger partial charge is 0.343 e. The molecule has 3 aromatic carbocycles. The zero-order chi connectivity index (χ0) is 22.9. The van der Waals surface area contributed by atoms with Crippen LogP contribution in [0, 0.1) is 0 Å². The molecule has 0 fully saturated rings. The van der Waals surface area contributed by atoms with Gasteiger partial charge in [-0.05, 0) is 60.5 Å². The predicted octanol–water partition coefficient (Wildman–Crippen LogP) is 4.14. The number of carbonyl (C=O) groups is 2. The van der Waals surface area contributed by atoms with E-state index in [1.807, 2.05) is 0 Å². The number of benzene rings is 3. The summed E-state index contributed by atoms with van der Waals surface area (Å²) in [6.45, 7) is 2.16. The third kappa shape index (κ3) is 6.16. The highest BCUT2D eigenvalue weighted by molar-refractivity contribution is 6.30. The fourth-order valence-electron chi connectivity index (χ4n) is 2.72. The summed E-state index contributed by atoms with van der Waals surface area (Å²) in [6.07, 6.45) is 0.0603. The number of hydrogen-bond donors (Lipinski definition) is 2. The topological polar surface area (TPSA) is 97.2 Å². The molecule has 164 valence electrons. The molecule has 3 aromatic rings. The number of aliphatic hydroxyl groups is 1. The highest BCUT2D eigenvalue weighted by atomic mass is 35.5. The minimum absolute atomic E-state index is 0.243. The molecule has 0 aromatic heterocycles. The summed E-state index contributed by atoms with van der Waals surface area (Å²) < 4.78 is 11.0. The monoisotopic (exact) mass is 452 g/mol. The molecule has 3 rings (SSSR count). The Kier molecular flexibility index (Phi) is 7.96. The van der Waals surface area contributed by atoms with Gasteiger partial charge in [0.15, 0.2) is 17.6 Å². The van der Waals surface area contributed by atoms with Gasteiger partial charge >= 0.3 is 5.97 Å². The Morgan fingerprint density at radius 1 is 1.06 bits per heavy atom. The third-order valence-electron chi connectivity index (χ3n) is 4.30. The molecular formula is C24H21ClN2O5. The molecule has 8 heteroatoms. The van der Waals surface area contributed by atoms with Crippen LogP contribution in [0.4, 0.5) is 0 Å². The molecule has 32 heavy (non-hydrogen) atoms. The molecular weight excluding hydrogens is 432 g/mol. The fourth-order valence-corrected chi connectivity index (χ4v) is 2.85. The van der Waals surface area contributed by atoms with Gasteiger partial charge in [0.1, 0.15) is 0 Å². The number of halogens is 1. The second-order valence-corrected chi connectivity index (χ2v) is 7.02. The molecule has 0 bridgehead atoms. The van der Waals surface area contributed by atoms with Crippen LogP contribution in [0.2, 0.25) is 5.02 Å². The first kappa shape index (κ1) is 23.0. The molecule has 0 spiro atoms. The summed E-state index contributed by atoms with van der Waals surface area (Å²) in [5, 5.41) is 14.5. The molecule has 1 atom stereocenters. The van der Waals surface area contributed by atoms with Crippen LogP contribution < -0.4 is 14.9 Å². The van der Waals surface area contributed by atoms with Crippen LogP contribution in [-0.2, 0) is 4.79 Å². The summed E-state index contributed by atoms with van der Waals surface area (Å²) in [4.78, 5) is 24.4. The van der Waals surface area contributed by atoms with Gasteiger partial charge in [-0.3, -0.25) is 4.79 Å². The van der Waals surface area contributed by atoms with Gasteiger partial charge in [0.25, 0.3) is 5.91 Å². The quantitative estimate of drug-likeness (QED) is 0.232. The van der Waals surface area contributed by atoms with Crippen molar-refractivity contribution in [1.29, 1.82) is 0 Å². The van der Waals surface area contributed by atoms with Crippen LogP contribution in [0.5, 0.6) is 11.5 Å². The van der Waals surface area contributed by atoms with E-state index in [4.69, 9.17) is 21.1 Å². The van der Waals surface area contributed by atoms with E-state index < -0.39 is 18.0 Å². The molecule has 0 aliphatic carbocycles. The number of amides is 1. The van der Waals surface area contributed by atoms with Crippen LogP contribution in [-0.4, -0.2) is 29.8 Å². The lowest BCUT2D eigenvalue weighted by molar-refractivity contribution is -0.129. The molecule has 7 nitrogen and oxygen atoms in total. The Bertz CT molecular complexity index is 1100. The normalized spacial score (nSPS) is 11.7. The lowest BCUT2D eigenvalue weighted by atomic mass is 10.1. The number of hydrogen-bond acceptors (Lipinski definition) is 6. The van der Waals surface area contributed by atoms with Crippen LogP contribution in [0.25, 0.3) is 0 Å². The molecule has 0 aliphatic heterocycles. The van der Waals surface area contributed by atoms with E-state index in [1.54, 1.807) is 79.7 Å². The minimum Gasteiger partial charge on any atom is -0.490 e. The number of ether oxygens (including phenoxy) is 2. The van der Waals surface area contributed by atoms with Gasteiger partial charge in [0.05, 0.1) is 18.4 Å². The average Bonchev–Trinajstić information content (AvgIpc) is 2.81. The zero-order valence-electron chi connectivity index (χ0n) is 17.2. The summed E-state index contributed by atoms with van der Waals surface area (Å²) in [6, 6.07) is 19.7. The standard InChI is InChI=1S/C24H21ClN2O5/c1-2-31-21-14-16(15-26-27-23(29)22(28)17-6-4-3-5-7-17)8-13-20(21)32-24(30)18-9-11-19(25)12-10-18/h3-15,22,28H,2H2,1H3,(H,27,29)/b26-15-/t22-/m1/s1. The number of carbonyl (C=O) groups excluding carboxylic acids is 2. The van der Waals surface area contributed by atoms with Gasteiger partial charge in [-0.2, -0.15) is 5.10 Å². The third-order valence-corrected chi connectivity index (χ3v) is 4.55. The predicted molar refractivity (Wildman–Crippen MR) is 121 cm³/mol. The van der Waals surface area contributed by atoms with Crippen LogP contribution in [0.3, 0.4) is 0 Å². The van der Waals surface area contributed by atoms with E-state index in [2.05, 4.69) is 10.5 Å². The molecule has 2 N–H and O–H groups in total. The number of rotatable bonds is 8. The lowest BCUT2D eigenvalue weighted by Gasteiger charge is -2.11. The molecule has 0 aliphatic rings. The molecule has 0 unspecified atom stereocenters. The van der Waals surface area contributed by atoms with E-state index in [-0.39, 0.29) is 5.75 Å². The molecule has 0 saturated carbocycles. The van der Waals surface area contributed by atoms with Crippen LogP contribution in [0.15, 0.2) is 77.9 Å². The van der Waals surface area contributed by atoms with Crippen LogP contribution in [0.1, 0.15) is 34.5 Å². The SMILES string of the molecule is CCOc1cc(/C=N\NC(=O)[C@H](O)c2ccccc2)ccc1OC(=O)c1ccc(Cl)cc1. The first-order valence-corrected chi connectivity index (χ1v) is 10.2. The Morgan fingerprint density at radius 2 is 1.78 bits per heavy atom. The highest BCUT2D eigenvalue weighted by Gasteiger charge is 2.16. The van der Waals surface area contributed by atoms with Gasteiger partial charge in [0.2, 0.25) is 0 Å². The van der Waals surface area contributed by atoms with Gasteiger partial charge in [-0.15, -0.1) is 0 Å². The highest BCUT2D eigenvalue weighted by Crippen LogP contribution is 2.29. The van der Waals surface area contributed by atoms with Gasteiger partial charge < -0.3 is 14.6 Å². The first-order valence-electron chi connectivity index (χ1n) is 9.78. The Balaban J connectivity index is 1.67. The lowest BCUT2D eigenvalue weighted by Crippen LogP contribution is -2.25. The van der Waals surface area contributed by atoms with E-state index in [9.17, 15) is 14.7 Å². The van der Waals surface area contributed by atoms with Crippen molar-refractivity contribution < 1.29 is 24.2 Å². The maximum atomic E-state index is 12.4. The Labute approximate surface area is 190 Å². The zero-order valence-corrected chi connectivity index (χ0v) is 18.0. The van der Waals surface area contributed by atoms with E-state index >= 15 is 0 Å². The van der Waals surface area contributed by atoms with E-state index in [0.29, 0.717) is 34.1 Å². The van der Waals surface area contributed by atoms with E-state index in [1.165, 1.54) is 6.21 Å². The van der Waals surface area contributed by atoms with Gasteiger partial charge in [-0.1, -0.05) is 41.9 Å². The van der Waals surface area contributed by atoms with Crippen molar-refractivity contribution in [3.63, 3.8) is 0 Å². The minimum atomic E-state index is -1.33. The number of nitrogens with one attached hydrogen (secondary N) is 1. The second kappa shape index (κ2) is 11.1. The summed E-state index contributed by atoms with van der Waals surface area (Å²) >= 11 is 5.85. The number of nitrogens with zero attached hydrogens (tertiary/aromatic N) is 1. The van der Waals surface area contributed by atoms with Crippen molar-refractivity contribution >= 4 is 29.7 Å². The van der Waals surface area contributed by atoms with Gasteiger partial charge in [-0.25, -0.2) is 10.2 Å². The second-order valence-electron chi connectivity index (χ2n) is 6.58. The van der Waals surface area contributed by atoms with Crippen molar-refractivity contribution in [2.75, 3.05) is 6.61 Å². The Morgan fingerprint density at radius 3 is 2.47 bits per heavy atom. The average molecular weight is 453 g/mol. The maximum absolute atomic E-state index is 12.4. The first-order chi connectivity index (χ1) is 15.5. The number of aliphatic hydroxyl groups excluding tert-OH is 1. The number of hydrazone groups is 1. The molecule has 0 radical (unpaired) electrons. The molecule has 0 saturated heterocycles. The number of esters is 1. The van der Waals surface area contributed by atoms with Crippen molar-refractivity contribution in [2.24, 2.45) is 5.10 Å². The summed E-state index contributed by atoms with van der Waals surface area (Å²) in [5.74, 6) is -0.626. The van der Waals surface area contributed by atoms with E-state index in [0.717, 1.165) is 0 Å². The summed E-state index contributed by atoms with van der Waals surface area (Å²) in [7, 11) is 0. The van der Waals surface area contributed by atoms with Crippen molar-refractivity contribution in [3.05, 3.63) is 94.5 Å². The maximum Gasteiger partial charge on any atom is 0.343 e. The fraction of sp³-hybridized carbons (Fsp3) is 0.125.